The number of nitrogens with zero attached hydrogens (tertiary/aromatic N) is 1. The van der Waals surface area contributed by atoms with Crippen LogP contribution in [0.3, 0.4) is 0 Å². The maximum atomic E-state index is 13.0. The molecule has 2 N–H and O–H groups in total. The Morgan fingerprint density at radius 3 is 2.46 bits per heavy atom. The lowest BCUT2D eigenvalue weighted by Crippen LogP contribution is -2.42. The van der Waals surface area contributed by atoms with Crippen LogP contribution in [0.1, 0.15) is 5.69 Å². The Morgan fingerprint density at radius 1 is 1.14 bits per heavy atom. The zero-order chi connectivity index (χ0) is 20.1. The summed E-state index contributed by atoms with van der Waals surface area (Å²) in [5.74, 6) is -0.388. The van der Waals surface area contributed by atoms with Crippen LogP contribution in [0.25, 0.3) is 10.6 Å². The van der Waals surface area contributed by atoms with Gasteiger partial charge >= 0.3 is 0 Å². The van der Waals surface area contributed by atoms with E-state index >= 15 is 0 Å². The van der Waals surface area contributed by atoms with Crippen LogP contribution < -0.4 is 15.0 Å². The monoisotopic (exact) mass is 421 g/mol. The SMILES string of the molecule is COc1ccc(S(=O)(=O)NNC(=O)Cc2csc(-c3ccc(F)cc3)n2)cc1. The lowest BCUT2D eigenvalue weighted by molar-refractivity contribution is -0.120. The molecule has 28 heavy (non-hydrogen) atoms. The second-order valence-corrected chi connectivity index (χ2v) is 8.20. The number of thiazole rings is 1. The molecule has 0 radical (unpaired) electrons. The number of hydrogen-bond donors (Lipinski definition) is 2. The summed E-state index contributed by atoms with van der Waals surface area (Å²) in [5, 5.41) is 2.33. The minimum atomic E-state index is -3.91. The van der Waals surface area contributed by atoms with Crippen LogP contribution in [-0.4, -0.2) is 26.4 Å². The lowest BCUT2D eigenvalue weighted by Gasteiger charge is -2.08. The largest absolute Gasteiger partial charge is 0.497 e. The van der Waals surface area contributed by atoms with E-state index in [1.54, 1.807) is 17.5 Å². The van der Waals surface area contributed by atoms with Crippen LogP contribution in [-0.2, 0) is 21.2 Å². The molecule has 0 aliphatic heterocycles. The second-order valence-electron chi connectivity index (χ2n) is 5.66. The summed E-state index contributed by atoms with van der Waals surface area (Å²) < 4.78 is 42.4. The molecule has 0 aliphatic rings. The van der Waals surface area contributed by atoms with E-state index in [0.29, 0.717) is 16.5 Å². The molecule has 0 atom stereocenters. The van der Waals surface area contributed by atoms with Gasteiger partial charge in [0.2, 0.25) is 5.91 Å². The summed E-state index contributed by atoms with van der Waals surface area (Å²) >= 11 is 1.31. The molecule has 10 heteroatoms. The highest BCUT2D eigenvalue weighted by molar-refractivity contribution is 7.89. The van der Waals surface area contributed by atoms with E-state index in [1.165, 1.54) is 54.8 Å². The second kappa shape index (κ2) is 8.46. The highest BCUT2D eigenvalue weighted by Crippen LogP contribution is 2.24. The van der Waals surface area contributed by atoms with E-state index < -0.39 is 15.9 Å². The molecule has 0 aliphatic carbocycles. The maximum absolute atomic E-state index is 13.0. The summed E-state index contributed by atoms with van der Waals surface area (Å²) in [6, 6.07) is 11.6. The first-order chi connectivity index (χ1) is 13.4. The summed E-state index contributed by atoms with van der Waals surface area (Å²) in [7, 11) is -2.43. The van der Waals surface area contributed by atoms with Crippen molar-refractivity contribution in [1.29, 1.82) is 0 Å². The average Bonchev–Trinajstić information content (AvgIpc) is 3.15. The molecule has 7 nitrogen and oxygen atoms in total. The Hall–Kier alpha value is -2.82. The van der Waals surface area contributed by atoms with Gasteiger partial charge in [-0.05, 0) is 48.5 Å². The van der Waals surface area contributed by atoms with Crippen LogP contribution in [0.5, 0.6) is 5.75 Å². The van der Waals surface area contributed by atoms with Gasteiger partial charge in [-0.1, -0.05) is 0 Å². The van der Waals surface area contributed by atoms with Crippen LogP contribution in [0.4, 0.5) is 4.39 Å². The Balaban J connectivity index is 1.59. The maximum Gasteiger partial charge on any atom is 0.257 e. The van der Waals surface area contributed by atoms with Gasteiger partial charge in [0.25, 0.3) is 10.0 Å². The van der Waals surface area contributed by atoms with E-state index in [-0.39, 0.29) is 17.1 Å². The molecule has 0 spiro atoms. The standard InChI is InChI=1S/C18H16FN3O4S2/c1-26-15-6-8-16(9-7-15)28(24,25)22-21-17(23)10-14-11-27-18(20-14)12-2-4-13(19)5-3-12/h2-9,11,22H,10H2,1H3,(H,21,23). The van der Waals surface area contributed by atoms with Crippen molar-refractivity contribution in [2.75, 3.05) is 7.11 Å². The van der Waals surface area contributed by atoms with Crippen LogP contribution >= 0.6 is 11.3 Å². The van der Waals surface area contributed by atoms with Gasteiger partial charge in [0.15, 0.2) is 0 Å². The zero-order valence-electron chi connectivity index (χ0n) is 14.7. The zero-order valence-corrected chi connectivity index (χ0v) is 16.3. The minimum absolute atomic E-state index is 0.0131. The van der Waals surface area contributed by atoms with Gasteiger partial charge in [-0.3, -0.25) is 10.2 Å². The Bertz CT molecular complexity index is 1060. The average molecular weight is 421 g/mol. The minimum Gasteiger partial charge on any atom is -0.497 e. The molecule has 0 fully saturated rings. The molecule has 0 unspecified atom stereocenters. The van der Waals surface area contributed by atoms with E-state index in [1.807, 2.05) is 4.83 Å². The van der Waals surface area contributed by atoms with Crippen molar-refractivity contribution in [3.05, 3.63) is 65.4 Å². The van der Waals surface area contributed by atoms with Gasteiger partial charge in [0, 0.05) is 10.9 Å². The smallest absolute Gasteiger partial charge is 0.257 e. The molecule has 146 valence electrons. The molecule has 2 aromatic carbocycles. The number of hydrazine groups is 1. The Labute approximate surface area is 165 Å². The summed E-state index contributed by atoms with van der Waals surface area (Å²) in [6.45, 7) is 0. The third kappa shape index (κ3) is 4.91. The van der Waals surface area contributed by atoms with Gasteiger partial charge in [-0.25, -0.2) is 17.8 Å². The summed E-state index contributed by atoms with van der Waals surface area (Å²) in [4.78, 5) is 18.4. The van der Waals surface area contributed by atoms with Gasteiger partial charge in [0.1, 0.15) is 16.6 Å². The van der Waals surface area contributed by atoms with Crippen LogP contribution in [0.2, 0.25) is 0 Å². The fourth-order valence-corrected chi connectivity index (χ4v) is 3.95. The number of ether oxygens (including phenoxy) is 1. The van der Waals surface area contributed by atoms with Crippen LogP contribution in [0, 0.1) is 5.82 Å². The number of halogens is 1. The van der Waals surface area contributed by atoms with Crippen molar-refractivity contribution in [3.8, 4) is 16.3 Å². The van der Waals surface area contributed by atoms with Crippen molar-refractivity contribution in [2.24, 2.45) is 0 Å². The lowest BCUT2D eigenvalue weighted by atomic mass is 10.2. The van der Waals surface area contributed by atoms with E-state index in [0.717, 1.165) is 5.56 Å². The molecule has 3 rings (SSSR count). The Morgan fingerprint density at radius 2 is 1.82 bits per heavy atom. The predicted octanol–water partition coefficient (Wildman–Crippen LogP) is 2.51. The number of rotatable bonds is 7. The first-order valence-corrected chi connectivity index (χ1v) is 10.4. The molecule has 1 amide bonds. The predicted molar refractivity (Wildman–Crippen MR) is 103 cm³/mol. The first kappa shape index (κ1) is 19.9. The number of methoxy groups -OCH3 is 1. The highest BCUT2D eigenvalue weighted by atomic mass is 32.2. The third-order valence-electron chi connectivity index (χ3n) is 3.68. The highest BCUT2D eigenvalue weighted by Gasteiger charge is 2.16. The number of nitrogens with one attached hydrogen (secondary N) is 2. The molecule has 0 bridgehead atoms. The van der Waals surface area contributed by atoms with Gasteiger partial charge < -0.3 is 4.74 Å². The molecule has 0 saturated heterocycles. The van der Waals surface area contributed by atoms with E-state index in [4.69, 9.17) is 4.74 Å². The fourth-order valence-electron chi connectivity index (χ4n) is 2.26. The van der Waals surface area contributed by atoms with Gasteiger partial charge in [-0.2, -0.15) is 0 Å². The number of hydrogen-bond acceptors (Lipinski definition) is 6. The first-order valence-electron chi connectivity index (χ1n) is 8.02. The molecular formula is C18H16FN3O4S2. The van der Waals surface area contributed by atoms with Crippen molar-refractivity contribution in [2.45, 2.75) is 11.3 Å². The molecule has 3 aromatic rings. The number of sulfonamides is 1. The van der Waals surface area contributed by atoms with Crippen molar-refractivity contribution < 1.29 is 22.3 Å². The number of aromatic nitrogens is 1. The quantitative estimate of drug-likeness (QED) is 0.572. The Kier molecular flexibility index (Phi) is 6.02. The summed E-state index contributed by atoms with van der Waals surface area (Å²) in [6.07, 6.45) is -0.108. The third-order valence-corrected chi connectivity index (χ3v) is 5.88. The van der Waals surface area contributed by atoms with Crippen molar-refractivity contribution in [1.82, 2.24) is 15.2 Å². The van der Waals surface area contributed by atoms with E-state index in [9.17, 15) is 17.6 Å². The van der Waals surface area contributed by atoms with Crippen molar-refractivity contribution >= 4 is 27.3 Å². The normalized spacial score (nSPS) is 11.2. The number of carbonyl (C=O) groups excluding carboxylic acids is 1. The molecule has 1 heterocycles. The van der Waals surface area contributed by atoms with Gasteiger partial charge in [0.05, 0.1) is 24.1 Å². The number of amides is 1. The molecular weight excluding hydrogens is 405 g/mol. The topological polar surface area (TPSA) is 97.4 Å². The van der Waals surface area contributed by atoms with E-state index in [2.05, 4.69) is 10.4 Å². The van der Waals surface area contributed by atoms with Crippen LogP contribution in [0.15, 0.2) is 58.8 Å². The van der Waals surface area contributed by atoms with Crippen molar-refractivity contribution in [3.63, 3.8) is 0 Å². The fraction of sp³-hybridized carbons (Fsp3) is 0.111. The summed E-state index contributed by atoms with van der Waals surface area (Å²) in [5.41, 5.74) is 3.37. The van der Waals surface area contributed by atoms with Gasteiger partial charge in [-0.15, -0.1) is 16.2 Å². The number of carbonyl (C=O) groups is 1. The molecule has 1 aromatic heterocycles. The molecule has 0 saturated carbocycles. The number of benzene rings is 2.